The van der Waals surface area contributed by atoms with Crippen molar-refractivity contribution in [3.05, 3.63) is 83.2 Å². The molecule has 3 aromatic rings. The zero-order valence-electron chi connectivity index (χ0n) is 16.7. The summed E-state index contributed by atoms with van der Waals surface area (Å²) in [6, 6.07) is 11.1. The normalized spacial score (nSPS) is 10.6. The molecule has 0 bridgehead atoms. The van der Waals surface area contributed by atoms with Crippen molar-refractivity contribution in [3.8, 4) is 11.5 Å². The SMILES string of the molecule is Cc1cc(Oc2ccc(Br)cc2Br)c(Cl)c(C)c1NC(=O)NC(=O)c1c(Cl)cccc1Cl. The molecular formula is C22H15Br2Cl3N2O3. The molecule has 0 aliphatic carbocycles. The Kier molecular flexibility index (Phi) is 8.11. The van der Waals surface area contributed by atoms with Crippen LogP contribution in [0.1, 0.15) is 21.5 Å². The molecule has 3 amide bonds. The lowest BCUT2D eigenvalue weighted by Gasteiger charge is -2.17. The molecule has 3 rings (SSSR count). The molecule has 0 aromatic heterocycles. The fourth-order valence-corrected chi connectivity index (χ4v) is 4.78. The summed E-state index contributed by atoms with van der Waals surface area (Å²) in [5.41, 5.74) is 1.73. The molecule has 0 aliphatic rings. The molecule has 0 fully saturated rings. The smallest absolute Gasteiger partial charge is 0.326 e. The van der Waals surface area contributed by atoms with Crippen molar-refractivity contribution in [1.82, 2.24) is 5.32 Å². The van der Waals surface area contributed by atoms with E-state index in [2.05, 4.69) is 42.5 Å². The van der Waals surface area contributed by atoms with Crippen LogP contribution in [-0.2, 0) is 0 Å². The Morgan fingerprint density at radius 2 is 1.59 bits per heavy atom. The molecular weight excluding hydrogens is 606 g/mol. The Labute approximate surface area is 216 Å². The Morgan fingerprint density at radius 1 is 0.938 bits per heavy atom. The number of rotatable bonds is 4. The van der Waals surface area contributed by atoms with E-state index in [1.807, 2.05) is 12.1 Å². The molecule has 5 nitrogen and oxygen atoms in total. The van der Waals surface area contributed by atoms with Crippen LogP contribution in [0.2, 0.25) is 15.1 Å². The van der Waals surface area contributed by atoms with Crippen LogP contribution in [0.3, 0.4) is 0 Å². The number of amides is 3. The minimum atomic E-state index is -0.752. The lowest BCUT2D eigenvalue weighted by molar-refractivity contribution is 0.0967. The molecule has 0 saturated carbocycles. The monoisotopic (exact) mass is 618 g/mol. The van der Waals surface area contributed by atoms with E-state index in [0.717, 1.165) is 8.95 Å². The molecule has 0 heterocycles. The number of imide groups is 1. The van der Waals surface area contributed by atoms with Crippen LogP contribution in [0.25, 0.3) is 0 Å². The zero-order valence-corrected chi connectivity index (χ0v) is 22.1. The van der Waals surface area contributed by atoms with Gasteiger partial charge in [-0.3, -0.25) is 10.1 Å². The van der Waals surface area contributed by atoms with Gasteiger partial charge in [-0.25, -0.2) is 4.79 Å². The van der Waals surface area contributed by atoms with Crippen molar-refractivity contribution in [2.24, 2.45) is 0 Å². The Bertz CT molecular complexity index is 1220. The second kappa shape index (κ2) is 10.4. The predicted octanol–water partition coefficient (Wildman–Crippen LogP) is 8.54. The number of benzene rings is 3. The van der Waals surface area contributed by atoms with Gasteiger partial charge < -0.3 is 10.1 Å². The maximum absolute atomic E-state index is 12.5. The molecule has 0 saturated heterocycles. The first-order valence-corrected chi connectivity index (χ1v) is 11.8. The van der Waals surface area contributed by atoms with E-state index in [1.54, 1.807) is 32.0 Å². The van der Waals surface area contributed by atoms with Gasteiger partial charge in [0.25, 0.3) is 5.91 Å². The van der Waals surface area contributed by atoms with Gasteiger partial charge in [-0.15, -0.1) is 0 Å². The quantitative estimate of drug-likeness (QED) is 0.307. The van der Waals surface area contributed by atoms with E-state index in [1.165, 1.54) is 12.1 Å². The van der Waals surface area contributed by atoms with Crippen LogP contribution < -0.4 is 15.4 Å². The number of carbonyl (C=O) groups is 2. The molecule has 0 radical (unpaired) electrons. The van der Waals surface area contributed by atoms with Gasteiger partial charge in [0.15, 0.2) is 0 Å². The third-order valence-corrected chi connectivity index (χ3v) is 6.64. The number of halogens is 5. The summed E-state index contributed by atoms with van der Waals surface area (Å²) in [6.45, 7) is 3.52. The van der Waals surface area contributed by atoms with Crippen molar-refractivity contribution in [1.29, 1.82) is 0 Å². The average molecular weight is 622 g/mol. The maximum Gasteiger partial charge on any atom is 0.326 e. The minimum absolute atomic E-state index is 0.0151. The summed E-state index contributed by atoms with van der Waals surface area (Å²) in [6.07, 6.45) is 0. The van der Waals surface area contributed by atoms with Gasteiger partial charge >= 0.3 is 6.03 Å². The number of carbonyl (C=O) groups excluding carboxylic acids is 2. The highest BCUT2D eigenvalue weighted by Crippen LogP contribution is 2.40. The molecule has 2 N–H and O–H groups in total. The Hall–Kier alpha value is -1.77. The van der Waals surface area contributed by atoms with E-state index in [0.29, 0.717) is 33.3 Å². The second-order valence-corrected chi connectivity index (χ2v) is 9.65. The van der Waals surface area contributed by atoms with E-state index < -0.39 is 11.9 Å². The molecule has 166 valence electrons. The third kappa shape index (κ3) is 5.58. The molecule has 0 unspecified atom stereocenters. The average Bonchev–Trinajstić information content (AvgIpc) is 2.71. The molecule has 0 atom stereocenters. The highest BCUT2D eigenvalue weighted by Gasteiger charge is 2.20. The lowest BCUT2D eigenvalue weighted by atomic mass is 10.1. The summed E-state index contributed by atoms with van der Waals surface area (Å²) in [4.78, 5) is 24.9. The van der Waals surface area contributed by atoms with E-state index >= 15 is 0 Å². The summed E-state index contributed by atoms with van der Waals surface area (Å²) in [5, 5.41) is 5.48. The third-order valence-electron chi connectivity index (χ3n) is 4.43. The largest absolute Gasteiger partial charge is 0.455 e. The fourth-order valence-electron chi connectivity index (χ4n) is 2.89. The number of hydrogen-bond acceptors (Lipinski definition) is 3. The van der Waals surface area contributed by atoms with Crippen molar-refractivity contribution < 1.29 is 14.3 Å². The number of aryl methyl sites for hydroxylation is 1. The van der Waals surface area contributed by atoms with Crippen molar-refractivity contribution in [3.63, 3.8) is 0 Å². The maximum atomic E-state index is 12.5. The number of hydrogen-bond donors (Lipinski definition) is 2. The first kappa shape index (κ1) is 24.9. The Balaban J connectivity index is 1.81. The van der Waals surface area contributed by atoms with E-state index in [9.17, 15) is 9.59 Å². The predicted molar refractivity (Wildman–Crippen MR) is 136 cm³/mol. The van der Waals surface area contributed by atoms with Crippen LogP contribution in [0.4, 0.5) is 10.5 Å². The highest BCUT2D eigenvalue weighted by molar-refractivity contribution is 9.11. The zero-order chi connectivity index (χ0) is 23.6. The van der Waals surface area contributed by atoms with Crippen LogP contribution in [0.15, 0.2) is 51.4 Å². The summed E-state index contributed by atoms with van der Waals surface area (Å²) in [7, 11) is 0. The van der Waals surface area contributed by atoms with Gasteiger partial charge in [-0.05, 0) is 77.3 Å². The summed E-state index contributed by atoms with van der Waals surface area (Å²) < 4.78 is 7.60. The lowest BCUT2D eigenvalue weighted by Crippen LogP contribution is -2.35. The number of ether oxygens (including phenoxy) is 1. The number of anilines is 1. The van der Waals surface area contributed by atoms with Crippen molar-refractivity contribution >= 4 is 84.3 Å². The minimum Gasteiger partial charge on any atom is -0.455 e. The van der Waals surface area contributed by atoms with Crippen molar-refractivity contribution in [2.45, 2.75) is 13.8 Å². The highest BCUT2D eigenvalue weighted by atomic mass is 79.9. The first-order chi connectivity index (χ1) is 15.1. The van der Waals surface area contributed by atoms with Crippen LogP contribution in [-0.4, -0.2) is 11.9 Å². The van der Waals surface area contributed by atoms with Crippen LogP contribution in [0, 0.1) is 13.8 Å². The van der Waals surface area contributed by atoms with Gasteiger partial charge in [-0.2, -0.15) is 0 Å². The van der Waals surface area contributed by atoms with Gasteiger partial charge in [-0.1, -0.05) is 56.8 Å². The van der Waals surface area contributed by atoms with E-state index in [4.69, 9.17) is 39.5 Å². The van der Waals surface area contributed by atoms with Crippen LogP contribution >= 0.6 is 66.7 Å². The van der Waals surface area contributed by atoms with Gasteiger partial charge in [0.2, 0.25) is 0 Å². The number of nitrogens with one attached hydrogen (secondary N) is 2. The molecule has 3 aromatic carbocycles. The summed E-state index contributed by atoms with van der Waals surface area (Å²) in [5.74, 6) is 0.281. The van der Waals surface area contributed by atoms with Gasteiger partial charge in [0.05, 0.1) is 25.1 Å². The standard InChI is InChI=1S/C22H15Br2Cl3N2O3/c1-10-8-17(32-16-7-6-12(23)9-13(16)24)19(27)11(2)20(10)28-22(31)29-21(30)18-14(25)4-3-5-15(18)26/h3-9H,1-2H3,(H2,28,29,30,31). The topological polar surface area (TPSA) is 67.4 Å². The molecule has 10 heteroatoms. The summed E-state index contributed by atoms with van der Waals surface area (Å²) >= 11 is 25.4. The molecule has 0 spiro atoms. The fraction of sp³-hybridized carbons (Fsp3) is 0.0909. The van der Waals surface area contributed by atoms with Crippen molar-refractivity contribution in [2.75, 3.05) is 5.32 Å². The first-order valence-electron chi connectivity index (χ1n) is 9.07. The second-order valence-electron chi connectivity index (χ2n) is 6.69. The van der Waals surface area contributed by atoms with Gasteiger partial charge in [0, 0.05) is 10.2 Å². The molecule has 0 aliphatic heterocycles. The molecule has 32 heavy (non-hydrogen) atoms. The van der Waals surface area contributed by atoms with E-state index in [-0.39, 0.29) is 15.6 Å². The Morgan fingerprint density at radius 3 is 2.22 bits per heavy atom. The number of urea groups is 1. The van der Waals surface area contributed by atoms with Gasteiger partial charge in [0.1, 0.15) is 11.5 Å². The van der Waals surface area contributed by atoms with Crippen LogP contribution in [0.5, 0.6) is 11.5 Å².